The summed E-state index contributed by atoms with van der Waals surface area (Å²) in [4.78, 5) is 57.0. The van der Waals surface area contributed by atoms with Crippen molar-refractivity contribution in [3.63, 3.8) is 0 Å². The van der Waals surface area contributed by atoms with Crippen LogP contribution >= 0.6 is 11.6 Å². The number of amides is 3. The molecule has 0 bridgehead atoms. The van der Waals surface area contributed by atoms with Crippen LogP contribution in [0.25, 0.3) is 0 Å². The maximum Gasteiger partial charge on any atom is 0.264 e. The number of aliphatic hydroxyl groups is 1. The van der Waals surface area contributed by atoms with Crippen molar-refractivity contribution in [2.45, 2.75) is 69.2 Å². The first-order chi connectivity index (χ1) is 24.4. The Morgan fingerprint density at radius 1 is 0.980 bits per heavy atom. The number of nitrogens with zero attached hydrogens (tertiary/aromatic N) is 2. The molecular formula is C40H42ClN3O6Si. The third-order valence-electron chi connectivity index (χ3n) is 10.8. The van der Waals surface area contributed by atoms with Crippen molar-refractivity contribution < 1.29 is 29.0 Å². The number of rotatable bonds is 8. The molecule has 264 valence electrons. The van der Waals surface area contributed by atoms with Gasteiger partial charge in [0.25, 0.3) is 11.8 Å². The van der Waals surface area contributed by atoms with E-state index in [-0.39, 0.29) is 43.3 Å². The zero-order chi connectivity index (χ0) is 36.1. The van der Waals surface area contributed by atoms with Crippen LogP contribution in [0, 0.1) is 5.92 Å². The topological polar surface area (TPSA) is 119 Å². The average Bonchev–Trinajstić information content (AvgIpc) is 3.53. The van der Waals surface area contributed by atoms with Gasteiger partial charge in [0.05, 0.1) is 37.4 Å². The minimum absolute atomic E-state index is 0.0429. The van der Waals surface area contributed by atoms with E-state index in [1.165, 1.54) is 0 Å². The number of benzene rings is 4. The molecule has 7 rings (SSSR count). The second kappa shape index (κ2) is 13.7. The number of halogens is 1. The molecule has 0 aliphatic carbocycles. The van der Waals surface area contributed by atoms with Gasteiger partial charge in [-0.15, -0.1) is 0 Å². The molecule has 0 unspecified atom stereocenters. The summed E-state index contributed by atoms with van der Waals surface area (Å²) in [6.45, 7) is 5.97. The fourth-order valence-corrected chi connectivity index (χ4v) is 11.2. The second-order valence-electron chi connectivity index (χ2n) is 14.5. The SMILES string of the molecule is C[C@@H]1[C@@H]([Si](C)(C)O)[C@H](CC(=O)N2Cc3ccccc3C[C@H]2CO)O[C@@]12C(=O)N(Cc1cccc(NC(=O)c3ccccc3)c1)c1ccc(Cl)cc12. The quantitative estimate of drug-likeness (QED) is 0.185. The molecule has 51 heavy (non-hydrogen) atoms. The van der Waals surface area contributed by atoms with E-state index in [1.54, 1.807) is 52.3 Å². The lowest BCUT2D eigenvalue weighted by Gasteiger charge is -2.37. The summed E-state index contributed by atoms with van der Waals surface area (Å²) in [7, 11) is -3.04. The fourth-order valence-electron chi connectivity index (χ4n) is 8.46. The highest BCUT2D eigenvalue weighted by molar-refractivity contribution is 6.71. The Hall–Kier alpha value is -4.32. The van der Waals surface area contributed by atoms with Gasteiger partial charge in [-0.25, -0.2) is 0 Å². The molecule has 1 spiro atoms. The number of aliphatic hydroxyl groups excluding tert-OH is 1. The lowest BCUT2D eigenvalue weighted by atomic mass is 9.82. The van der Waals surface area contributed by atoms with Gasteiger partial charge in [-0.3, -0.25) is 14.4 Å². The molecular weight excluding hydrogens is 682 g/mol. The maximum atomic E-state index is 14.9. The van der Waals surface area contributed by atoms with Crippen LogP contribution in [0.3, 0.4) is 0 Å². The average molecular weight is 724 g/mol. The molecule has 3 aliphatic rings. The van der Waals surface area contributed by atoms with Crippen LogP contribution in [-0.4, -0.2) is 59.6 Å². The molecule has 0 radical (unpaired) electrons. The molecule has 3 heterocycles. The van der Waals surface area contributed by atoms with Gasteiger partial charge < -0.3 is 29.8 Å². The summed E-state index contributed by atoms with van der Waals surface area (Å²) < 4.78 is 6.91. The molecule has 0 aromatic heterocycles. The first kappa shape index (κ1) is 35.1. The zero-order valence-electron chi connectivity index (χ0n) is 28.9. The Kier molecular flexibility index (Phi) is 9.40. The third-order valence-corrected chi connectivity index (χ3v) is 13.5. The van der Waals surface area contributed by atoms with Crippen molar-refractivity contribution in [2.75, 3.05) is 16.8 Å². The first-order valence-corrected chi connectivity index (χ1v) is 20.8. The van der Waals surface area contributed by atoms with Crippen molar-refractivity contribution in [3.8, 4) is 0 Å². The van der Waals surface area contributed by atoms with Gasteiger partial charge in [0.15, 0.2) is 13.9 Å². The van der Waals surface area contributed by atoms with Crippen molar-refractivity contribution in [3.05, 3.63) is 130 Å². The van der Waals surface area contributed by atoms with Crippen molar-refractivity contribution in [2.24, 2.45) is 5.92 Å². The van der Waals surface area contributed by atoms with Gasteiger partial charge >= 0.3 is 0 Å². The molecule has 1 fully saturated rings. The highest BCUT2D eigenvalue weighted by Gasteiger charge is 2.66. The standard InChI is InChI=1S/C40H42ClN3O6Si/c1-25-37(51(2,3)49)35(21-36(46)43-23-29-14-8-7-13-28(29)19-32(43)24-45)50-40(25)33-20-30(41)16-17-34(33)44(39(40)48)22-26-10-9-15-31(18-26)42-38(47)27-11-5-4-6-12-27/h4-18,20,25,32,35,37,45,49H,19,21-24H2,1-3H3,(H,42,47)/t25-,32+,35+,37-,40+/m1/s1. The van der Waals surface area contributed by atoms with E-state index < -0.39 is 31.5 Å². The van der Waals surface area contributed by atoms with E-state index >= 15 is 0 Å². The Morgan fingerprint density at radius 3 is 2.43 bits per heavy atom. The van der Waals surface area contributed by atoms with Gasteiger partial charge in [0.1, 0.15) is 0 Å². The fraction of sp³-hybridized carbons (Fsp3) is 0.325. The Morgan fingerprint density at radius 2 is 1.71 bits per heavy atom. The van der Waals surface area contributed by atoms with Crippen LogP contribution in [0.5, 0.6) is 0 Å². The van der Waals surface area contributed by atoms with Gasteiger partial charge in [-0.05, 0) is 78.7 Å². The highest BCUT2D eigenvalue weighted by Crippen LogP contribution is 2.60. The summed E-state index contributed by atoms with van der Waals surface area (Å²) >= 11 is 6.58. The molecule has 5 atom stereocenters. The predicted octanol–water partition coefficient (Wildman–Crippen LogP) is 6.27. The largest absolute Gasteiger partial charge is 0.432 e. The van der Waals surface area contributed by atoms with E-state index in [0.29, 0.717) is 40.5 Å². The highest BCUT2D eigenvalue weighted by atomic mass is 35.5. The van der Waals surface area contributed by atoms with E-state index in [1.807, 2.05) is 74.6 Å². The predicted molar refractivity (Wildman–Crippen MR) is 199 cm³/mol. The summed E-state index contributed by atoms with van der Waals surface area (Å²) in [5.41, 5.74) is 3.39. The number of carbonyl (C=O) groups is 3. The number of nitrogens with one attached hydrogen (secondary N) is 1. The summed E-state index contributed by atoms with van der Waals surface area (Å²) in [6.07, 6.45) is -0.244. The smallest absolute Gasteiger partial charge is 0.264 e. The number of ether oxygens (including phenoxy) is 1. The van der Waals surface area contributed by atoms with Crippen LogP contribution in [0.15, 0.2) is 97.1 Å². The number of carbonyl (C=O) groups excluding carboxylic acids is 3. The maximum absolute atomic E-state index is 14.9. The molecule has 11 heteroatoms. The van der Waals surface area contributed by atoms with Crippen LogP contribution in [0.2, 0.25) is 23.7 Å². The lowest BCUT2D eigenvalue weighted by Crippen LogP contribution is -2.48. The number of hydrogen-bond acceptors (Lipinski definition) is 6. The first-order valence-electron chi connectivity index (χ1n) is 17.4. The second-order valence-corrected chi connectivity index (χ2v) is 18.9. The van der Waals surface area contributed by atoms with E-state index in [0.717, 1.165) is 16.7 Å². The monoisotopic (exact) mass is 723 g/mol. The van der Waals surface area contributed by atoms with E-state index in [2.05, 4.69) is 5.32 Å². The summed E-state index contributed by atoms with van der Waals surface area (Å²) in [6, 6.07) is 29.2. The Bertz CT molecular complexity index is 1990. The zero-order valence-corrected chi connectivity index (χ0v) is 30.6. The third kappa shape index (κ3) is 6.40. The molecule has 4 aromatic rings. The summed E-state index contributed by atoms with van der Waals surface area (Å²) in [5, 5.41) is 13.7. The van der Waals surface area contributed by atoms with Crippen molar-refractivity contribution >= 4 is 49.0 Å². The lowest BCUT2D eigenvalue weighted by molar-refractivity contribution is -0.151. The van der Waals surface area contributed by atoms with E-state index in [9.17, 15) is 24.3 Å². The molecule has 9 nitrogen and oxygen atoms in total. The number of hydrogen-bond donors (Lipinski definition) is 3. The molecule has 4 aromatic carbocycles. The minimum atomic E-state index is -3.04. The Balaban J connectivity index is 1.19. The van der Waals surface area contributed by atoms with Gasteiger partial charge in [0, 0.05) is 39.8 Å². The normalized spacial score (nSPS) is 24.1. The number of anilines is 2. The molecule has 3 aliphatic heterocycles. The van der Waals surface area contributed by atoms with Gasteiger partial charge in [-0.2, -0.15) is 0 Å². The summed E-state index contributed by atoms with van der Waals surface area (Å²) in [5.74, 6) is -1.20. The molecule has 3 N–H and O–H groups in total. The molecule has 3 amide bonds. The van der Waals surface area contributed by atoms with Crippen LogP contribution < -0.4 is 10.2 Å². The Labute approximate surface area is 303 Å². The molecule has 0 saturated carbocycles. The van der Waals surface area contributed by atoms with Gasteiger partial charge in [0.2, 0.25) is 5.91 Å². The van der Waals surface area contributed by atoms with Crippen LogP contribution in [0.4, 0.5) is 11.4 Å². The van der Waals surface area contributed by atoms with Gasteiger partial charge in [-0.1, -0.05) is 73.1 Å². The van der Waals surface area contributed by atoms with E-state index in [4.69, 9.17) is 16.3 Å². The minimum Gasteiger partial charge on any atom is -0.432 e. The van der Waals surface area contributed by atoms with Crippen LogP contribution in [0.1, 0.15) is 46.0 Å². The molecule has 1 saturated heterocycles. The van der Waals surface area contributed by atoms with Crippen molar-refractivity contribution in [1.82, 2.24) is 4.90 Å². The van der Waals surface area contributed by atoms with Crippen LogP contribution in [-0.2, 0) is 39.4 Å². The van der Waals surface area contributed by atoms with Crippen molar-refractivity contribution in [1.29, 1.82) is 0 Å². The number of fused-ring (bicyclic) bond motifs is 3.